The van der Waals surface area contributed by atoms with Gasteiger partial charge in [-0.1, -0.05) is 60.1 Å². The number of amides is 1. The van der Waals surface area contributed by atoms with Crippen molar-refractivity contribution in [3.05, 3.63) is 100 Å². The largest absolute Gasteiger partial charge is 0.507 e. The van der Waals surface area contributed by atoms with Crippen LogP contribution in [0.1, 0.15) is 17.2 Å². The standard InChI is InChI=1S/C24H17ClFNO4/c1-31-19-12-11-15(13-17(19)25)27-21(16-9-5-6-10-18(16)26)20(23(29)24(27)30)22(28)14-7-3-2-4-8-14/h2-13,21,28H,1H3/b22-20+. The molecular formula is C24H17ClFNO4. The van der Waals surface area contributed by atoms with Crippen LogP contribution < -0.4 is 9.64 Å². The van der Waals surface area contributed by atoms with Gasteiger partial charge in [0.25, 0.3) is 11.7 Å². The van der Waals surface area contributed by atoms with Gasteiger partial charge in [0.1, 0.15) is 17.3 Å². The highest BCUT2D eigenvalue weighted by Gasteiger charge is 2.47. The van der Waals surface area contributed by atoms with Crippen LogP contribution >= 0.6 is 11.6 Å². The van der Waals surface area contributed by atoms with Gasteiger partial charge in [0, 0.05) is 16.8 Å². The summed E-state index contributed by atoms with van der Waals surface area (Å²) in [7, 11) is 1.45. The molecular weight excluding hydrogens is 421 g/mol. The summed E-state index contributed by atoms with van der Waals surface area (Å²) >= 11 is 6.23. The zero-order chi connectivity index (χ0) is 22.1. The Labute approximate surface area is 182 Å². The molecule has 31 heavy (non-hydrogen) atoms. The molecule has 1 atom stereocenters. The molecule has 1 heterocycles. The second-order valence-corrected chi connectivity index (χ2v) is 7.28. The number of rotatable bonds is 4. The lowest BCUT2D eigenvalue weighted by molar-refractivity contribution is -0.132. The van der Waals surface area contributed by atoms with Crippen LogP contribution in [0.2, 0.25) is 5.02 Å². The molecule has 0 spiro atoms. The molecule has 3 aromatic rings. The first kappa shape index (κ1) is 20.6. The van der Waals surface area contributed by atoms with Crippen molar-refractivity contribution in [1.82, 2.24) is 0 Å². The van der Waals surface area contributed by atoms with Crippen molar-refractivity contribution in [1.29, 1.82) is 0 Å². The van der Waals surface area contributed by atoms with Crippen LogP contribution in [-0.2, 0) is 9.59 Å². The monoisotopic (exact) mass is 437 g/mol. The Kier molecular flexibility index (Phi) is 5.48. The lowest BCUT2D eigenvalue weighted by Crippen LogP contribution is -2.29. The van der Waals surface area contributed by atoms with Gasteiger partial charge < -0.3 is 9.84 Å². The van der Waals surface area contributed by atoms with Crippen molar-refractivity contribution in [3.8, 4) is 5.75 Å². The average molecular weight is 438 g/mol. The molecule has 156 valence electrons. The number of hydrogen-bond donors (Lipinski definition) is 1. The number of ether oxygens (including phenoxy) is 1. The molecule has 0 saturated carbocycles. The smallest absolute Gasteiger partial charge is 0.300 e. The molecule has 1 aliphatic rings. The highest BCUT2D eigenvalue weighted by Crippen LogP contribution is 2.44. The molecule has 3 aromatic carbocycles. The first-order chi connectivity index (χ1) is 14.9. The van der Waals surface area contributed by atoms with Crippen molar-refractivity contribution in [2.45, 2.75) is 6.04 Å². The number of nitrogens with zero attached hydrogens (tertiary/aromatic N) is 1. The molecule has 1 unspecified atom stereocenters. The molecule has 1 aliphatic heterocycles. The summed E-state index contributed by atoms with van der Waals surface area (Å²) in [6.07, 6.45) is 0. The number of carbonyl (C=O) groups is 2. The van der Waals surface area contributed by atoms with E-state index in [-0.39, 0.29) is 27.6 Å². The van der Waals surface area contributed by atoms with Crippen molar-refractivity contribution >= 4 is 34.7 Å². The van der Waals surface area contributed by atoms with E-state index < -0.39 is 23.5 Å². The summed E-state index contributed by atoms with van der Waals surface area (Å²) in [5.74, 6) is -2.42. The van der Waals surface area contributed by atoms with Gasteiger partial charge in [0.2, 0.25) is 0 Å². The van der Waals surface area contributed by atoms with Gasteiger partial charge in [-0.15, -0.1) is 0 Å². The number of methoxy groups -OCH3 is 1. The molecule has 5 nitrogen and oxygen atoms in total. The van der Waals surface area contributed by atoms with Crippen molar-refractivity contribution in [2.75, 3.05) is 12.0 Å². The van der Waals surface area contributed by atoms with Gasteiger partial charge in [-0.25, -0.2) is 4.39 Å². The second kappa shape index (κ2) is 8.24. The molecule has 0 aromatic heterocycles. The van der Waals surface area contributed by atoms with E-state index in [4.69, 9.17) is 16.3 Å². The number of anilines is 1. The van der Waals surface area contributed by atoms with E-state index in [1.165, 1.54) is 31.4 Å². The molecule has 0 aliphatic carbocycles. The fraction of sp³-hybridized carbons (Fsp3) is 0.0833. The van der Waals surface area contributed by atoms with Gasteiger partial charge in [-0.05, 0) is 24.3 Å². The van der Waals surface area contributed by atoms with Crippen LogP contribution in [-0.4, -0.2) is 23.9 Å². The molecule has 1 saturated heterocycles. The number of carbonyl (C=O) groups excluding carboxylic acids is 2. The van der Waals surface area contributed by atoms with Crippen LogP contribution in [0.25, 0.3) is 5.76 Å². The summed E-state index contributed by atoms with van der Waals surface area (Å²) in [5, 5.41) is 11.2. The molecule has 1 N–H and O–H groups in total. The third kappa shape index (κ3) is 3.55. The highest BCUT2D eigenvalue weighted by atomic mass is 35.5. The van der Waals surface area contributed by atoms with Gasteiger partial charge >= 0.3 is 0 Å². The maximum absolute atomic E-state index is 14.8. The topological polar surface area (TPSA) is 66.8 Å². The summed E-state index contributed by atoms with van der Waals surface area (Å²) in [5.41, 5.74) is 0.488. The quantitative estimate of drug-likeness (QED) is 0.350. The first-order valence-corrected chi connectivity index (χ1v) is 9.76. The van der Waals surface area contributed by atoms with Crippen LogP contribution in [0.5, 0.6) is 5.75 Å². The number of Topliss-reactive ketones (excluding diaryl/α,β-unsaturated/α-hetero) is 1. The molecule has 0 bridgehead atoms. The first-order valence-electron chi connectivity index (χ1n) is 9.38. The normalized spacial score (nSPS) is 17.8. The third-order valence-corrected chi connectivity index (χ3v) is 5.40. The van der Waals surface area contributed by atoms with E-state index in [1.807, 2.05) is 0 Å². The Hall–Kier alpha value is -3.64. The van der Waals surface area contributed by atoms with Gasteiger partial charge in [-0.3, -0.25) is 14.5 Å². The van der Waals surface area contributed by atoms with E-state index in [1.54, 1.807) is 48.5 Å². The number of hydrogen-bond acceptors (Lipinski definition) is 4. The second-order valence-electron chi connectivity index (χ2n) is 6.88. The minimum Gasteiger partial charge on any atom is -0.507 e. The van der Waals surface area contributed by atoms with Crippen LogP contribution in [0.3, 0.4) is 0 Å². The predicted octanol–water partition coefficient (Wildman–Crippen LogP) is 5.11. The predicted molar refractivity (Wildman–Crippen MR) is 116 cm³/mol. The molecule has 1 amide bonds. The third-order valence-electron chi connectivity index (χ3n) is 5.11. The maximum atomic E-state index is 14.8. The Morgan fingerprint density at radius 2 is 1.71 bits per heavy atom. The average Bonchev–Trinajstić information content (AvgIpc) is 3.04. The van der Waals surface area contributed by atoms with Crippen LogP contribution in [0.15, 0.2) is 78.4 Å². The van der Waals surface area contributed by atoms with Crippen LogP contribution in [0, 0.1) is 5.82 Å². The molecule has 1 fully saturated rings. The summed E-state index contributed by atoms with van der Waals surface area (Å²) in [6.45, 7) is 0. The number of aliphatic hydroxyl groups is 1. The minimum absolute atomic E-state index is 0.0751. The lowest BCUT2D eigenvalue weighted by atomic mass is 9.94. The molecule has 7 heteroatoms. The summed E-state index contributed by atoms with van der Waals surface area (Å²) in [6, 6.07) is 17.5. The van der Waals surface area contributed by atoms with Crippen molar-refractivity contribution in [3.63, 3.8) is 0 Å². The van der Waals surface area contributed by atoms with E-state index >= 15 is 0 Å². The number of benzene rings is 3. The maximum Gasteiger partial charge on any atom is 0.300 e. The van der Waals surface area contributed by atoms with Crippen molar-refractivity contribution in [2.24, 2.45) is 0 Å². The zero-order valence-corrected chi connectivity index (χ0v) is 17.1. The van der Waals surface area contributed by atoms with Gasteiger partial charge in [0.05, 0.1) is 23.7 Å². The van der Waals surface area contributed by atoms with Gasteiger partial charge in [-0.2, -0.15) is 0 Å². The number of halogens is 2. The molecule has 0 radical (unpaired) electrons. The van der Waals surface area contributed by atoms with Gasteiger partial charge in [0.15, 0.2) is 0 Å². The summed E-state index contributed by atoms with van der Waals surface area (Å²) in [4.78, 5) is 27.2. The highest BCUT2D eigenvalue weighted by molar-refractivity contribution is 6.51. The fourth-order valence-electron chi connectivity index (χ4n) is 3.65. The Morgan fingerprint density at radius 3 is 2.35 bits per heavy atom. The Morgan fingerprint density at radius 1 is 1.03 bits per heavy atom. The van der Waals surface area contributed by atoms with E-state index in [2.05, 4.69) is 0 Å². The van der Waals surface area contributed by atoms with E-state index in [0.29, 0.717) is 11.3 Å². The lowest BCUT2D eigenvalue weighted by Gasteiger charge is -2.26. The summed E-state index contributed by atoms with van der Waals surface area (Å²) < 4.78 is 20.0. The SMILES string of the molecule is COc1ccc(N2C(=O)C(=O)/C(=C(/O)c3ccccc3)C2c2ccccc2F)cc1Cl. The van der Waals surface area contributed by atoms with E-state index in [0.717, 1.165) is 4.90 Å². The Bertz CT molecular complexity index is 1210. The van der Waals surface area contributed by atoms with Crippen molar-refractivity contribution < 1.29 is 23.8 Å². The molecule has 4 rings (SSSR count). The number of ketones is 1. The van der Waals surface area contributed by atoms with E-state index in [9.17, 15) is 19.1 Å². The number of aliphatic hydroxyl groups excluding tert-OH is 1. The Balaban J connectivity index is 1.97. The minimum atomic E-state index is -1.18. The van der Waals surface area contributed by atoms with Crippen LogP contribution in [0.4, 0.5) is 10.1 Å². The fourth-order valence-corrected chi connectivity index (χ4v) is 3.90. The zero-order valence-electron chi connectivity index (χ0n) is 16.4.